The number of rotatable bonds is 8. The van der Waals surface area contributed by atoms with Crippen LogP contribution in [0.5, 0.6) is 0 Å². The van der Waals surface area contributed by atoms with E-state index in [4.69, 9.17) is 0 Å². The van der Waals surface area contributed by atoms with Crippen molar-refractivity contribution in [2.24, 2.45) is 5.41 Å². The van der Waals surface area contributed by atoms with E-state index in [9.17, 15) is 0 Å². The number of anilines is 6. The monoisotopic (exact) mass is 654 g/mol. The van der Waals surface area contributed by atoms with Crippen LogP contribution in [0.4, 0.5) is 34.1 Å². The molecule has 0 amide bonds. The molecule has 2 heteroatoms. The molecular weight excluding hydrogens is 605 g/mol. The normalized spacial score (nSPS) is 15.0. The molecule has 0 unspecified atom stereocenters. The first-order valence-corrected chi connectivity index (χ1v) is 18.2. The molecule has 0 N–H and O–H groups in total. The number of hydrogen-bond donors (Lipinski definition) is 0. The zero-order chi connectivity index (χ0) is 34.9. The fraction of sp³-hybridized carbons (Fsp3) is 0.250. The minimum Gasteiger partial charge on any atom is -0.310 e. The Bertz CT molecular complexity index is 1850. The molecule has 1 fully saturated rings. The lowest BCUT2D eigenvalue weighted by molar-refractivity contribution is 0.185. The lowest BCUT2D eigenvalue weighted by Crippen LogP contribution is -2.36. The summed E-state index contributed by atoms with van der Waals surface area (Å²) in [6.07, 6.45) is 4.68. The third-order valence-electron chi connectivity index (χ3n) is 10.9. The molecule has 0 aliphatic heterocycles. The fourth-order valence-electron chi connectivity index (χ4n) is 7.92. The van der Waals surface area contributed by atoms with E-state index < -0.39 is 0 Å². The maximum absolute atomic E-state index is 2.44. The van der Waals surface area contributed by atoms with E-state index in [1.54, 1.807) is 0 Å². The van der Waals surface area contributed by atoms with Crippen LogP contribution in [-0.4, -0.2) is 0 Å². The zero-order valence-electron chi connectivity index (χ0n) is 30.6. The van der Waals surface area contributed by atoms with E-state index in [0.717, 1.165) is 12.8 Å². The van der Waals surface area contributed by atoms with Gasteiger partial charge in [-0.1, -0.05) is 86.6 Å². The topological polar surface area (TPSA) is 6.48 Å². The van der Waals surface area contributed by atoms with Crippen molar-refractivity contribution in [3.8, 4) is 0 Å². The summed E-state index contributed by atoms with van der Waals surface area (Å²) < 4.78 is 0. The van der Waals surface area contributed by atoms with Crippen LogP contribution in [0.25, 0.3) is 0 Å². The molecule has 0 bridgehead atoms. The molecular formula is C48H50N2. The van der Waals surface area contributed by atoms with Gasteiger partial charge in [0.1, 0.15) is 0 Å². The first kappa shape index (κ1) is 33.4. The van der Waals surface area contributed by atoms with Crippen molar-refractivity contribution in [2.75, 3.05) is 9.80 Å². The molecule has 6 aromatic rings. The average molecular weight is 655 g/mol. The van der Waals surface area contributed by atoms with Crippen LogP contribution in [0.2, 0.25) is 0 Å². The van der Waals surface area contributed by atoms with Gasteiger partial charge in [-0.15, -0.1) is 0 Å². The van der Waals surface area contributed by atoms with Crippen LogP contribution in [0.1, 0.15) is 72.9 Å². The molecule has 7 rings (SSSR count). The molecule has 2 nitrogen and oxygen atoms in total. The van der Waals surface area contributed by atoms with Gasteiger partial charge in [0, 0.05) is 39.5 Å². The van der Waals surface area contributed by atoms with Crippen LogP contribution in [0.3, 0.4) is 0 Å². The third-order valence-corrected chi connectivity index (χ3v) is 10.9. The Morgan fingerprint density at radius 2 is 0.660 bits per heavy atom. The Balaban J connectivity index is 1.29. The second kappa shape index (κ2) is 13.7. The summed E-state index contributed by atoms with van der Waals surface area (Å²) in [6, 6.07) is 54.3. The highest BCUT2D eigenvalue weighted by Crippen LogP contribution is 2.51. The van der Waals surface area contributed by atoms with Gasteiger partial charge < -0.3 is 9.80 Å². The summed E-state index contributed by atoms with van der Waals surface area (Å²) in [5.74, 6) is 0. The molecule has 0 radical (unpaired) electrons. The molecule has 0 heterocycles. The molecule has 6 aromatic carbocycles. The van der Waals surface area contributed by atoms with Crippen molar-refractivity contribution in [3.05, 3.63) is 179 Å². The second-order valence-corrected chi connectivity index (χ2v) is 15.4. The van der Waals surface area contributed by atoms with Gasteiger partial charge in [-0.25, -0.2) is 0 Å². The minimum absolute atomic E-state index is 0.0401. The van der Waals surface area contributed by atoms with Gasteiger partial charge in [-0.3, -0.25) is 0 Å². The third kappa shape index (κ3) is 6.85. The lowest BCUT2D eigenvalue weighted by Gasteiger charge is -2.45. The highest BCUT2D eigenvalue weighted by molar-refractivity contribution is 5.78. The Kier molecular flexibility index (Phi) is 9.14. The zero-order valence-corrected chi connectivity index (χ0v) is 30.6. The first-order chi connectivity index (χ1) is 24.1. The summed E-state index contributed by atoms with van der Waals surface area (Å²) in [5, 5.41) is 0. The molecule has 0 saturated heterocycles. The fourth-order valence-corrected chi connectivity index (χ4v) is 7.92. The van der Waals surface area contributed by atoms with Gasteiger partial charge in [0.2, 0.25) is 0 Å². The van der Waals surface area contributed by atoms with Crippen molar-refractivity contribution >= 4 is 34.1 Å². The van der Waals surface area contributed by atoms with Crippen molar-refractivity contribution in [3.63, 3.8) is 0 Å². The van der Waals surface area contributed by atoms with Gasteiger partial charge in [-0.2, -0.15) is 0 Å². The van der Waals surface area contributed by atoms with E-state index in [-0.39, 0.29) is 5.41 Å². The van der Waals surface area contributed by atoms with Gasteiger partial charge in [0.25, 0.3) is 0 Å². The van der Waals surface area contributed by atoms with E-state index >= 15 is 0 Å². The van der Waals surface area contributed by atoms with Crippen LogP contribution in [-0.2, 0) is 5.41 Å². The highest BCUT2D eigenvalue weighted by atomic mass is 15.1. The van der Waals surface area contributed by atoms with Gasteiger partial charge in [0.05, 0.1) is 0 Å². The molecule has 0 aromatic heterocycles. The maximum Gasteiger partial charge on any atom is 0.0464 e. The summed E-state index contributed by atoms with van der Waals surface area (Å²) in [4.78, 5) is 4.78. The molecule has 0 atom stereocenters. The molecule has 50 heavy (non-hydrogen) atoms. The van der Waals surface area contributed by atoms with Crippen LogP contribution >= 0.6 is 0 Å². The molecule has 252 valence electrons. The summed E-state index contributed by atoms with van der Waals surface area (Å²) in [5.41, 5.74) is 15.2. The standard InChI is InChI=1S/C48H50N2/c1-35-11-7-15-43(31-35)49(44-16-8-12-36(2)32-44)41-23-19-39(20-24-41)48(29-27-47(5,6)28-30-48)40-21-25-42(26-22-40)50(45-17-9-13-37(3)33-45)46-18-10-14-38(4)34-46/h7-26,31-34H,27-30H2,1-6H3. The first-order valence-electron chi connectivity index (χ1n) is 18.2. The quantitative estimate of drug-likeness (QED) is 0.161. The Morgan fingerprint density at radius 3 is 0.940 bits per heavy atom. The number of hydrogen-bond acceptors (Lipinski definition) is 2. The summed E-state index contributed by atoms with van der Waals surface area (Å²) in [6.45, 7) is 13.5. The molecule has 1 aliphatic rings. The predicted octanol–water partition coefficient (Wildman–Crippen LogP) is 13.7. The van der Waals surface area contributed by atoms with Crippen LogP contribution in [0.15, 0.2) is 146 Å². The predicted molar refractivity (Wildman–Crippen MR) is 214 cm³/mol. The number of benzene rings is 6. The average Bonchev–Trinajstić information content (AvgIpc) is 3.10. The van der Waals surface area contributed by atoms with Crippen LogP contribution in [0, 0.1) is 33.1 Å². The van der Waals surface area contributed by atoms with Crippen molar-refractivity contribution < 1.29 is 0 Å². The van der Waals surface area contributed by atoms with Crippen molar-refractivity contribution in [2.45, 2.75) is 72.6 Å². The van der Waals surface area contributed by atoms with E-state index in [2.05, 4.69) is 197 Å². The van der Waals surface area contributed by atoms with Crippen molar-refractivity contribution in [1.29, 1.82) is 0 Å². The number of nitrogens with zero attached hydrogens (tertiary/aromatic N) is 2. The molecule has 0 spiro atoms. The SMILES string of the molecule is Cc1cccc(N(c2ccc(C3(c4ccc(N(c5cccc(C)c5)c5cccc(C)c5)cc4)CCC(C)(C)CC3)cc2)c2cccc(C)c2)c1. The Labute approximate surface area is 300 Å². The smallest absolute Gasteiger partial charge is 0.0464 e. The maximum atomic E-state index is 2.44. The molecule has 1 aliphatic carbocycles. The van der Waals surface area contributed by atoms with E-state index in [1.165, 1.54) is 80.3 Å². The van der Waals surface area contributed by atoms with Gasteiger partial charge in [0.15, 0.2) is 0 Å². The second-order valence-electron chi connectivity index (χ2n) is 15.4. The highest BCUT2D eigenvalue weighted by Gasteiger charge is 2.41. The van der Waals surface area contributed by atoms with Crippen molar-refractivity contribution in [1.82, 2.24) is 0 Å². The number of aryl methyl sites for hydroxylation is 4. The Morgan fingerprint density at radius 1 is 0.360 bits per heavy atom. The molecule has 1 saturated carbocycles. The summed E-state index contributed by atoms with van der Waals surface area (Å²) in [7, 11) is 0. The largest absolute Gasteiger partial charge is 0.310 e. The van der Waals surface area contributed by atoms with Crippen LogP contribution < -0.4 is 9.80 Å². The lowest BCUT2D eigenvalue weighted by atomic mass is 9.59. The summed E-state index contributed by atoms with van der Waals surface area (Å²) >= 11 is 0. The van der Waals surface area contributed by atoms with E-state index in [1.807, 2.05) is 0 Å². The van der Waals surface area contributed by atoms with Gasteiger partial charge >= 0.3 is 0 Å². The van der Waals surface area contributed by atoms with E-state index in [0.29, 0.717) is 5.41 Å². The Hall–Kier alpha value is -5.08. The minimum atomic E-state index is -0.0401. The van der Waals surface area contributed by atoms with Gasteiger partial charge in [-0.05, 0) is 165 Å².